The zero-order valence-electron chi connectivity index (χ0n) is 15.8. The van der Waals surface area contributed by atoms with Crippen LogP contribution < -0.4 is 4.74 Å². The van der Waals surface area contributed by atoms with Gasteiger partial charge in [-0.2, -0.15) is 0 Å². The summed E-state index contributed by atoms with van der Waals surface area (Å²) < 4.78 is 7.55. The molecule has 0 fully saturated rings. The monoisotopic (exact) mass is 343 g/mol. The summed E-state index contributed by atoms with van der Waals surface area (Å²) in [6.07, 6.45) is 0.953. The summed E-state index contributed by atoms with van der Waals surface area (Å²) in [7, 11) is 3.84. The van der Waals surface area contributed by atoms with Crippen LogP contribution in [0.4, 0.5) is 0 Å². The molecule has 1 aromatic heterocycles. The zero-order valence-corrected chi connectivity index (χ0v) is 15.8. The Morgan fingerprint density at radius 1 is 1.12 bits per heavy atom. The minimum absolute atomic E-state index is 0.505. The van der Waals surface area contributed by atoms with Crippen molar-refractivity contribution >= 4 is 0 Å². The lowest BCUT2D eigenvalue weighted by Crippen LogP contribution is -2.29. The summed E-state index contributed by atoms with van der Waals surface area (Å²) in [4.78, 5) is 4.80. The average Bonchev–Trinajstić information content (AvgIpc) is 2.87. The summed E-state index contributed by atoms with van der Waals surface area (Å²) in [6, 6.07) is 8.86. The molecule has 0 atom stereocenters. The van der Waals surface area contributed by atoms with E-state index in [-0.39, 0.29) is 0 Å². The quantitative estimate of drug-likeness (QED) is 0.804. The third-order valence-electron chi connectivity index (χ3n) is 5.03. The first kappa shape index (κ1) is 17.9. The second kappa shape index (κ2) is 7.97. The largest absolute Gasteiger partial charge is 0.497 e. The third kappa shape index (κ3) is 4.38. The van der Waals surface area contributed by atoms with E-state index in [1.54, 1.807) is 7.11 Å². The standard InChI is InChI=1S/C19H29N5O/c1-15(2)22(3)14-19-21-20-18-9-10-23(11-12-24(18)19)13-16-5-7-17(25-4)8-6-16/h5-8,15H,9-14H2,1-4H3. The SMILES string of the molecule is COc1ccc(CN2CCc3nnc(CN(C)C(C)C)n3CC2)cc1. The molecular formula is C19H29N5O. The van der Waals surface area contributed by atoms with Crippen LogP contribution in [0, 0.1) is 0 Å². The van der Waals surface area contributed by atoms with Crippen molar-refractivity contribution in [2.24, 2.45) is 0 Å². The molecular weight excluding hydrogens is 314 g/mol. The van der Waals surface area contributed by atoms with Crippen LogP contribution in [0.15, 0.2) is 24.3 Å². The van der Waals surface area contributed by atoms with Crippen LogP contribution >= 0.6 is 0 Å². The van der Waals surface area contributed by atoms with Gasteiger partial charge in [-0.1, -0.05) is 12.1 Å². The third-order valence-corrected chi connectivity index (χ3v) is 5.03. The first-order chi connectivity index (χ1) is 12.1. The molecule has 0 saturated carbocycles. The zero-order chi connectivity index (χ0) is 17.8. The van der Waals surface area contributed by atoms with Crippen LogP contribution in [0.5, 0.6) is 5.75 Å². The maximum atomic E-state index is 5.24. The molecule has 1 aliphatic heterocycles. The molecule has 0 N–H and O–H groups in total. The summed E-state index contributed by atoms with van der Waals surface area (Å²) in [5, 5.41) is 8.87. The molecule has 6 heteroatoms. The number of benzene rings is 1. The van der Waals surface area contributed by atoms with Crippen LogP contribution in [0.3, 0.4) is 0 Å². The van der Waals surface area contributed by atoms with Gasteiger partial charge < -0.3 is 9.30 Å². The van der Waals surface area contributed by atoms with Gasteiger partial charge in [-0.05, 0) is 38.6 Å². The Hall–Kier alpha value is -1.92. The van der Waals surface area contributed by atoms with Gasteiger partial charge in [-0.15, -0.1) is 10.2 Å². The summed E-state index contributed by atoms with van der Waals surface area (Å²) in [5.41, 5.74) is 1.32. The van der Waals surface area contributed by atoms with E-state index in [1.165, 1.54) is 5.56 Å². The van der Waals surface area contributed by atoms with Crippen molar-refractivity contribution in [3.8, 4) is 5.75 Å². The van der Waals surface area contributed by atoms with E-state index in [0.717, 1.165) is 56.5 Å². The number of nitrogens with zero attached hydrogens (tertiary/aromatic N) is 5. The van der Waals surface area contributed by atoms with Crippen molar-refractivity contribution in [2.75, 3.05) is 27.2 Å². The molecule has 136 valence electrons. The van der Waals surface area contributed by atoms with Crippen LogP contribution in [-0.4, -0.2) is 57.9 Å². The van der Waals surface area contributed by atoms with E-state index in [0.29, 0.717) is 6.04 Å². The fourth-order valence-electron chi connectivity index (χ4n) is 3.10. The van der Waals surface area contributed by atoms with E-state index in [9.17, 15) is 0 Å². The number of fused-ring (bicyclic) bond motifs is 1. The van der Waals surface area contributed by atoms with E-state index in [2.05, 4.69) is 57.6 Å². The number of rotatable bonds is 6. The van der Waals surface area contributed by atoms with Gasteiger partial charge in [0.05, 0.1) is 13.7 Å². The number of aromatic nitrogens is 3. The Kier molecular flexibility index (Phi) is 5.71. The lowest BCUT2D eigenvalue weighted by molar-refractivity contribution is 0.248. The van der Waals surface area contributed by atoms with Crippen LogP contribution in [0.25, 0.3) is 0 Å². The highest BCUT2D eigenvalue weighted by atomic mass is 16.5. The predicted octanol–water partition coefficient (Wildman–Crippen LogP) is 2.19. The molecule has 6 nitrogen and oxygen atoms in total. The van der Waals surface area contributed by atoms with E-state index >= 15 is 0 Å². The van der Waals surface area contributed by atoms with Crippen LogP contribution in [0.1, 0.15) is 31.1 Å². The Balaban J connectivity index is 1.62. The molecule has 1 aliphatic rings. The molecule has 2 aromatic rings. The van der Waals surface area contributed by atoms with Gasteiger partial charge in [0.15, 0.2) is 0 Å². The fourth-order valence-corrected chi connectivity index (χ4v) is 3.10. The van der Waals surface area contributed by atoms with Gasteiger partial charge >= 0.3 is 0 Å². The molecule has 25 heavy (non-hydrogen) atoms. The molecule has 0 spiro atoms. The molecule has 0 aliphatic carbocycles. The predicted molar refractivity (Wildman–Crippen MR) is 98.6 cm³/mol. The lowest BCUT2D eigenvalue weighted by Gasteiger charge is -2.21. The van der Waals surface area contributed by atoms with Crippen molar-refractivity contribution < 1.29 is 4.74 Å². The highest BCUT2D eigenvalue weighted by Gasteiger charge is 2.20. The molecule has 0 unspecified atom stereocenters. The van der Waals surface area contributed by atoms with Gasteiger partial charge in [0.1, 0.15) is 17.4 Å². The number of methoxy groups -OCH3 is 1. The van der Waals surface area contributed by atoms with E-state index in [4.69, 9.17) is 4.74 Å². The average molecular weight is 343 g/mol. The number of ether oxygens (including phenoxy) is 1. The Morgan fingerprint density at radius 2 is 1.88 bits per heavy atom. The first-order valence-corrected chi connectivity index (χ1v) is 9.03. The maximum absolute atomic E-state index is 5.24. The highest BCUT2D eigenvalue weighted by Crippen LogP contribution is 2.16. The minimum Gasteiger partial charge on any atom is -0.497 e. The lowest BCUT2D eigenvalue weighted by atomic mass is 10.2. The molecule has 3 rings (SSSR count). The second-order valence-corrected chi connectivity index (χ2v) is 7.07. The van der Waals surface area contributed by atoms with Crippen molar-refractivity contribution in [2.45, 2.75) is 45.9 Å². The van der Waals surface area contributed by atoms with Crippen molar-refractivity contribution in [3.05, 3.63) is 41.5 Å². The second-order valence-electron chi connectivity index (χ2n) is 7.07. The Bertz CT molecular complexity index is 680. The van der Waals surface area contributed by atoms with Gasteiger partial charge in [0.25, 0.3) is 0 Å². The minimum atomic E-state index is 0.505. The van der Waals surface area contributed by atoms with Gasteiger partial charge in [-0.25, -0.2) is 0 Å². The van der Waals surface area contributed by atoms with Crippen molar-refractivity contribution in [1.82, 2.24) is 24.6 Å². The molecule has 0 saturated heterocycles. The first-order valence-electron chi connectivity index (χ1n) is 9.03. The Labute approximate surface area is 150 Å². The van der Waals surface area contributed by atoms with Crippen LogP contribution in [0.2, 0.25) is 0 Å². The van der Waals surface area contributed by atoms with Crippen molar-refractivity contribution in [3.63, 3.8) is 0 Å². The molecule has 1 aromatic carbocycles. The fraction of sp³-hybridized carbons (Fsp3) is 0.579. The smallest absolute Gasteiger partial charge is 0.147 e. The topological polar surface area (TPSA) is 46.4 Å². The van der Waals surface area contributed by atoms with Gasteiger partial charge in [0, 0.05) is 38.6 Å². The molecule has 0 radical (unpaired) electrons. The van der Waals surface area contributed by atoms with E-state index < -0.39 is 0 Å². The summed E-state index contributed by atoms with van der Waals surface area (Å²) in [5.74, 6) is 3.10. The number of hydrogen-bond donors (Lipinski definition) is 0. The summed E-state index contributed by atoms with van der Waals surface area (Å²) in [6.45, 7) is 9.22. The van der Waals surface area contributed by atoms with Gasteiger partial charge in [-0.3, -0.25) is 9.80 Å². The number of hydrogen-bond acceptors (Lipinski definition) is 5. The van der Waals surface area contributed by atoms with Gasteiger partial charge in [0.2, 0.25) is 0 Å². The van der Waals surface area contributed by atoms with Crippen molar-refractivity contribution in [1.29, 1.82) is 0 Å². The maximum Gasteiger partial charge on any atom is 0.147 e. The molecule has 0 amide bonds. The van der Waals surface area contributed by atoms with E-state index in [1.807, 2.05) is 12.1 Å². The highest BCUT2D eigenvalue weighted by molar-refractivity contribution is 5.27. The molecule has 0 bridgehead atoms. The molecule has 2 heterocycles. The Morgan fingerprint density at radius 3 is 2.56 bits per heavy atom. The normalized spacial score (nSPS) is 15.4. The van der Waals surface area contributed by atoms with Crippen LogP contribution in [-0.2, 0) is 26.1 Å². The summed E-state index contributed by atoms with van der Waals surface area (Å²) >= 11 is 0.